The highest BCUT2D eigenvalue weighted by Crippen LogP contribution is 2.32. The molecule has 0 aliphatic carbocycles. The number of nitrogens with two attached hydrogens (primary N) is 1. The Labute approximate surface area is 157 Å². The number of hydrogen-bond acceptors (Lipinski definition) is 6. The largest absolute Gasteiger partial charge is 0.470 e. The average Bonchev–Trinajstić information content (AvgIpc) is 3.13. The molecule has 2 aromatic rings. The van der Waals surface area contributed by atoms with Crippen LogP contribution in [0.4, 0.5) is 18.9 Å². The van der Waals surface area contributed by atoms with Gasteiger partial charge in [0.05, 0.1) is 6.54 Å². The van der Waals surface area contributed by atoms with Gasteiger partial charge in [-0.3, -0.25) is 14.5 Å². The Morgan fingerprint density at radius 2 is 1.82 bits per heavy atom. The summed E-state index contributed by atoms with van der Waals surface area (Å²) in [5, 5.41) is 9.27. The zero-order valence-corrected chi connectivity index (χ0v) is 14.7. The van der Waals surface area contributed by atoms with Crippen LogP contribution in [-0.4, -0.2) is 46.5 Å². The number of hydrogen-bond donors (Lipinski definition) is 2. The van der Waals surface area contributed by atoms with Crippen LogP contribution < -0.4 is 11.1 Å². The van der Waals surface area contributed by atoms with Gasteiger partial charge in [-0.25, -0.2) is 0 Å². The summed E-state index contributed by atoms with van der Waals surface area (Å²) in [6, 6.07) is 6.20. The zero-order chi connectivity index (χ0) is 20.3. The summed E-state index contributed by atoms with van der Waals surface area (Å²) in [6.07, 6.45) is -3.63. The number of nitrogens with one attached hydrogen (secondary N) is 1. The molecule has 0 saturated carbocycles. The van der Waals surface area contributed by atoms with Crippen LogP contribution in [0.25, 0.3) is 0 Å². The van der Waals surface area contributed by atoms with E-state index in [1.807, 2.05) is 4.90 Å². The third-order valence-corrected chi connectivity index (χ3v) is 4.44. The molecular weight excluding hydrogens is 379 g/mol. The fourth-order valence-electron chi connectivity index (χ4n) is 2.97. The molecule has 1 aliphatic rings. The second-order valence-corrected chi connectivity index (χ2v) is 6.48. The van der Waals surface area contributed by atoms with Gasteiger partial charge in [-0.05, 0) is 50.2 Å². The molecule has 28 heavy (non-hydrogen) atoms. The smallest absolute Gasteiger partial charge is 0.417 e. The van der Waals surface area contributed by atoms with Crippen molar-refractivity contribution in [2.24, 2.45) is 5.73 Å². The first-order valence-corrected chi connectivity index (χ1v) is 8.55. The molecule has 2 heterocycles. The standard InChI is InChI=1S/C17H18F3N5O3/c18-17(19,20)16-24-23-15(28-16)11-5-7-25(8-6-11)9-13(26)22-12-3-1-10(2-4-12)14(21)27/h1-4,11H,5-9H2,(H2,21,27)(H,22,26). The second kappa shape index (κ2) is 7.97. The lowest BCUT2D eigenvalue weighted by molar-refractivity contribution is -0.157. The number of rotatable bonds is 5. The predicted octanol–water partition coefficient (Wildman–Crippen LogP) is 2.01. The fourth-order valence-corrected chi connectivity index (χ4v) is 2.97. The summed E-state index contributed by atoms with van der Waals surface area (Å²) in [6.45, 7) is 1.17. The molecule has 0 unspecified atom stereocenters. The fraction of sp³-hybridized carbons (Fsp3) is 0.412. The van der Waals surface area contributed by atoms with E-state index < -0.39 is 18.0 Å². The van der Waals surface area contributed by atoms with Crippen LogP contribution in [0.15, 0.2) is 28.7 Å². The van der Waals surface area contributed by atoms with E-state index >= 15 is 0 Å². The molecular formula is C17H18F3N5O3. The van der Waals surface area contributed by atoms with E-state index in [0.717, 1.165) is 0 Å². The molecule has 0 atom stereocenters. The summed E-state index contributed by atoms with van der Waals surface area (Å²) in [7, 11) is 0. The SMILES string of the molecule is NC(=O)c1ccc(NC(=O)CN2CCC(c3nnc(C(F)(F)F)o3)CC2)cc1. The van der Waals surface area contributed by atoms with Gasteiger partial charge in [0.1, 0.15) is 0 Å². The Kier molecular flexibility index (Phi) is 5.63. The Bertz CT molecular complexity index is 842. The van der Waals surface area contributed by atoms with Crippen molar-refractivity contribution in [2.45, 2.75) is 24.9 Å². The minimum atomic E-state index is -4.65. The number of carbonyl (C=O) groups excluding carboxylic acids is 2. The van der Waals surface area contributed by atoms with E-state index in [1.165, 1.54) is 12.1 Å². The number of carbonyl (C=O) groups is 2. The first-order valence-electron chi connectivity index (χ1n) is 8.55. The van der Waals surface area contributed by atoms with E-state index in [4.69, 9.17) is 10.2 Å². The van der Waals surface area contributed by atoms with Crippen molar-refractivity contribution in [1.82, 2.24) is 15.1 Å². The molecule has 3 N–H and O–H groups in total. The lowest BCUT2D eigenvalue weighted by Gasteiger charge is -2.29. The summed E-state index contributed by atoms with van der Waals surface area (Å²) in [5.41, 5.74) is 6.04. The Hall–Kier alpha value is -2.95. The van der Waals surface area contributed by atoms with Crippen molar-refractivity contribution in [2.75, 3.05) is 25.0 Å². The average molecular weight is 397 g/mol. The number of amides is 2. The molecule has 1 aromatic heterocycles. The second-order valence-electron chi connectivity index (χ2n) is 6.48. The van der Waals surface area contributed by atoms with Crippen LogP contribution in [0.2, 0.25) is 0 Å². The highest BCUT2D eigenvalue weighted by Gasteiger charge is 2.39. The third-order valence-electron chi connectivity index (χ3n) is 4.44. The summed E-state index contributed by atoms with van der Waals surface area (Å²) >= 11 is 0. The zero-order valence-electron chi connectivity index (χ0n) is 14.7. The molecule has 2 amide bonds. The number of piperidine rings is 1. The summed E-state index contributed by atoms with van der Waals surface area (Å²) in [4.78, 5) is 25.1. The number of aromatic nitrogens is 2. The van der Waals surface area contributed by atoms with Crippen molar-refractivity contribution >= 4 is 17.5 Å². The number of alkyl halides is 3. The van der Waals surface area contributed by atoms with Gasteiger partial charge in [0.15, 0.2) is 0 Å². The molecule has 150 valence electrons. The maximum absolute atomic E-state index is 12.5. The van der Waals surface area contributed by atoms with E-state index in [2.05, 4.69) is 15.5 Å². The molecule has 0 spiro atoms. The van der Waals surface area contributed by atoms with Crippen molar-refractivity contribution in [1.29, 1.82) is 0 Å². The maximum Gasteiger partial charge on any atom is 0.470 e. The molecule has 3 rings (SSSR count). The van der Waals surface area contributed by atoms with Gasteiger partial charge >= 0.3 is 12.1 Å². The van der Waals surface area contributed by atoms with E-state index in [0.29, 0.717) is 37.2 Å². The number of primary amides is 1. The monoisotopic (exact) mass is 397 g/mol. The third kappa shape index (κ3) is 4.85. The number of anilines is 1. The molecule has 8 nitrogen and oxygen atoms in total. The lowest BCUT2D eigenvalue weighted by Crippen LogP contribution is -2.38. The van der Waals surface area contributed by atoms with Crippen LogP contribution >= 0.6 is 0 Å². The minimum absolute atomic E-state index is 0.0223. The number of likely N-dealkylation sites (tertiary alicyclic amines) is 1. The number of benzene rings is 1. The van der Waals surface area contributed by atoms with Gasteiger partial charge in [0.2, 0.25) is 17.7 Å². The predicted molar refractivity (Wildman–Crippen MR) is 91.3 cm³/mol. The first kappa shape index (κ1) is 19.8. The lowest BCUT2D eigenvalue weighted by atomic mass is 9.97. The highest BCUT2D eigenvalue weighted by molar-refractivity contribution is 5.95. The van der Waals surface area contributed by atoms with Crippen molar-refractivity contribution in [3.8, 4) is 0 Å². The van der Waals surface area contributed by atoms with Crippen LogP contribution in [-0.2, 0) is 11.0 Å². The molecule has 11 heteroatoms. The van der Waals surface area contributed by atoms with Crippen LogP contribution in [0.1, 0.15) is 40.9 Å². The number of nitrogens with zero attached hydrogens (tertiary/aromatic N) is 3. The van der Waals surface area contributed by atoms with Crippen LogP contribution in [0, 0.1) is 0 Å². The highest BCUT2D eigenvalue weighted by atomic mass is 19.4. The maximum atomic E-state index is 12.5. The molecule has 1 aliphatic heterocycles. The van der Waals surface area contributed by atoms with Gasteiger partial charge in [-0.2, -0.15) is 13.2 Å². The van der Waals surface area contributed by atoms with Gasteiger partial charge < -0.3 is 15.5 Å². The van der Waals surface area contributed by atoms with Gasteiger partial charge in [-0.15, -0.1) is 10.2 Å². The van der Waals surface area contributed by atoms with Crippen LogP contribution in [0.3, 0.4) is 0 Å². The first-order chi connectivity index (χ1) is 13.2. The normalized spacial score (nSPS) is 16.1. The van der Waals surface area contributed by atoms with Crippen LogP contribution in [0.5, 0.6) is 0 Å². The van der Waals surface area contributed by atoms with E-state index in [-0.39, 0.29) is 24.3 Å². The quantitative estimate of drug-likeness (QED) is 0.798. The van der Waals surface area contributed by atoms with E-state index in [1.54, 1.807) is 12.1 Å². The Morgan fingerprint density at radius 3 is 2.36 bits per heavy atom. The van der Waals surface area contributed by atoms with Gasteiger partial charge in [0, 0.05) is 17.2 Å². The molecule has 0 bridgehead atoms. The molecule has 1 saturated heterocycles. The molecule has 1 fully saturated rings. The Balaban J connectivity index is 1.48. The Morgan fingerprint density at radius 1 is 1.18 bits per heavy atom. The molecule has 0 radical (unpaired) electrons. The van der Waals surface area contributed by atoms with E-state index in [9.17, 15) is 22.8 Å². The topological polar surface area (TPSA) is 114 Å². The van der Waals surface area contributed by atoms with Crippen molar-refractivity contribution < 1.29 is 27.2 Å². The van der Waals surface area contributed by atoms with Crippen molar-refractivity contribution in [3.63, 3.8) is 0 Å². The number of halogens is 3. The summed E-state index contributed by atoms with van der Waals surface area (Å²) < 4.78 is 42.4. The van der Waals surface area contributed by atoms with Gasteiger partial charge in [0.25, 0.3) is 0 Å². The summed E-state index contributed by atoms with van der Waals surface area (Å²) in [5.74, 6) is -2.41. The van der Waals surface area contributed by atoms with Crippen molar-refractivity contribution in [3.05, 3.63) is 41.6 Å². The molecule has 1 aromatic carbocycles. The van der Waals surface area contributed by atoms with Gasteiger partial charge in [-0.1, -0.05) is 0 Å². The minimum Gasteiger partial charge on any atom is -0.417 e.